The van der Waals surface area contributed by atoms with Gasteiger partial charge in [-0.15, -0.1) is 0 Å². The monoisotopic (exact) mass is 528 g/mol. The number of amides is 1. The van der Waals surface area contributed by atoms with Crippen LogP contribution in [0.25, 0.3) is 17.5 Å². The number of benzene rings is 3. The summed E-state index contributed by atoms with van der Waals surface area (Å²) in [6, 6.07) is 23.2. The summed E-state index contributed by atoms with van der Waals surface area (Å²) in [4.78, 5) is 29.6. The Kier molecular flexibility index (Phi) is 8.97. The summed E-state index contributed by atoms with van der Waals surface area (Å²) < 4.78 is 22.0. The highest BCUT2D eigenvalue weighted by Gasteiger charge is 2.19. The molecule has 0 atom stereocenters. The molecule has 4 rings (SSSR count). The highest BCUT2D eigenvalue weighted by atomic mass is 16.6. The first-order valence-corrected chi connectivity index (χ1v) is 12.1. The number of rotatable bonds is 11. The second kappa shape index (κ2) is 13.0. The van der Waals surface area contributed by atoms with Crippen LogP contribution in [0.15, 0.2) is 89.4 Å². The lowest BCUT2D eigenvalue weighted by molar-refractivity contribution is -0.138. The number of oxazole rings is 1. The van der Waals surface area contributed by atoms with E-state index in [0.29, 0.717) is 29.8 Å². The predicted molar refractivity (Wildman–Crippen MR) is 145 cm³/mol. The lowest BCUT2D eigenvalue weighted by Gasteiger charge is -2.20. The maximum absolute atomic E-state index is 12.6. The molecule has 0 bridgehead atoms. The normalized spacial score (nSPS) is 10.8. The average Bonchev–Trinajstić information content (AvgIpc) is 3.32. The molecule has 0 saturated heterocycles. The standard InChI is InChI=1S/C30H28N2O7/c1-21-27(31-29(38-21)23-7-4-3-5-8-23)9-6-18-37-25-12-10-22(11-13-25)19-32(20-28(33)34)30(35)39-26-16-14-24(36-2)15-17-26/h3-17H,18-20H2,1-2H3,(H,33,34). The first kappa shape index (κ1) is 27.0. The Morgan fingerprint density at radius 2 is 1.62 bits per heavy atom. The number of carbonyl (C=O) groups is 2. The van der Waals surface area contributed by atoms with Crippen molar-refractivity contribution in [3.8, 4) is 28.7 Å². The van der Waals surface area contributed by atoms with Gasteiger partial charge in [0.2, 0.25) is 5.89 Å². The fourth-order valence-corrected chi connectivity index (χ4v) is 3.64. The first-order valence-electron chi connectivity index (χ1n) is 12.1. The molecule has 3 aromatic carbocycles. The largest absolute Gasteiger partial charge is 0.497 e. The van der Waals surface area contributed by atoms with Crippen LogP contribution in [0.1, 0.15) is 17.0 Å². The molecule has 4 aromatic rings. The van der Waals surface area contributed by atoms with Crippen LogP contribution in [0.5, 0.6) is 17.2 Å². The van der Waals surface area contributed by atoms with Gasteiger partial charge in [0, 0.05) is 12.1 Å². The Bertz CT molecular complexity index is 1410. The molecule has 1 N–H and O–H groups in total. The van der Waals surface area contributed by atoms with Gasteiger partial charge in [-0.05, 0) is 73.2 Å². The molecule has 200 valence electrons. The van der Waals surface area contributed by atoms with E-state index in [1.807, 2.05) is 49.4 Å². The van der Waals surface area contributed by atoms with Crippen molar-refractivity contribution in [1.82, 2.24) is 9.88 Å². The summed E-state index contributed by atoms with van der Waals surface area (Å²) >= 11 is 0. The van der Waals surface area contributed by atoms with Crippen molar-refractivity contribution >= 4 is 18.1 Å². The number of aryl methyl sites for hydroxylation is 1. The smallest absolute Gasteiger partial charge is 0.416 e. The predicted octanol–water partition coefficient (Wildman–Crippen LogP) is 5.84. The van der Waals surface area contributed by atoms with Crippen LogP contribution in [0.4, 0.5) is 4.79 Å². The molecule has 1 aromatic heterocycles. The van der Waals surface area contributed by atoms with E-state index >= 15 is 0 Å². The third-order valence-corrected chi connectivity index (χ3v) is 5.62. The SMILES string of the molecule is COc1ccc(OC(=O)N(CC(=O)O)Cc2ccc(OCC=Cc3nc(-c4ccccc4)oc3C)cc2)cc1. The maximum Gasteiger partial charge on any atom is 0.416 e. The molecule has 39 heavy (non-hydrogen) atoms. The summed E-state index contributed by atoms with van der Waals surface area (Å²) in [5.41, 5.74) is 2.36. The van der Waals surface area contributed by atoms with Gasteiger partial charge < -0.3 is 23.7 Å². The number of carbonyl (C=O) groups excluding carboxylic acids is 1. The number of aliphatic carboxylic acids is 1. The summed E-state index contributed by atoms with van der Waals surface area (Å²) in [5.74, 6) is 1.65. The van der Waals surface area contributed by atoms with Crippen molar-refractivity contribution in [3.63, 3.8) is 0 Å². The maximum atomic E-state index is 12.6. The molecule has 0 aliphatic rings. The molecule has 9 heteroatoms. The zero-order chi connectivity index (χ0) is 27.6. The van der Waals surface area contributed by atoms with Crippen molar-refractivity contribution in [2.45, 2.75) is 13.5 Å². The molecule has 0 radical (unpaired) electrons. The molecular formula is C30H28N2O7. The Morgan fingerprint density at radius 3 is 2.28 bits per heavy atom. The van der Waals surface area contributed by atoms with Gasteiger partial charge in [-0.2, -0.15) is 0 Å². The fraction of sp³-hybridized carbons (Fsp3) is 0.167. The number of hydrogen-bond donors (Lipinski definition) is 1. The first-order chi connectivity index (χ1) is 18.9. The third kappa shape index (κ3) is 7.72. The van der Waals surface area contributed by atoms with Crippen LogP contribution in [-0.4, -0.2) is 47.3 Å². The van der Waals surface area contributed by atoms with E-state index in [2.05, 4.69) is 4.98 Å². The second-order valence-electron chi connectivity index (χ2n) is 8.48. The van der Waals surface area contributed by atoms with E-state index < -0.39 is 18.6 Å². The Balaban J connectivity index is 1.31. The van der Waals surface area contributed by atoms with Crippen LogP contribution < -0.4 is 14.2 Å². The van der Waals surface area contributed by atoms with Crippen molar-refractivity contribution in [3.05, 3.63) is 102 Å². The van der Waals surface area contributed by atoms with Crippen molar-refractivity contribution < 1.29 is 33.3 Å². The number of carboxylic acids is 1. The minimum absolute atomic E-state index is 0.0522. The fourth-order valence-electron chi connectivity index (χ4n) is 3.64. The highest BCUT2D eigenvalue weighted by molar-refractivity contribution is 5.78. The van der Waals surface area contributed by atoms with Gasteiger partial charge >= 0.3 is 12.1 Å². The summed E-state index contributed by atoms with van der Waals surface area (Å²) in [6.45, 7) is 1.72. The lowest BCUT2D eigenvalue weighted by Crippen LogP contribution is -2.37. The van der Waals surface area contributed by atoms with Gasteiger partial charge in [-0.1, -0.05) is 30.3 Å². The molecular weight excluding hydrogens is 500 g/mol. The van der Waals surface area contributed by atoms with Gasteiger partial charge in [0.25, 0.3) is 0 Å². The Labute approximate surface area is 225 Å². The Hall–Kier alpha value is -5.05. The third-order valence-electron chi connectivity index (χ3n) is 5.62. The number of hydrogen-bond acceptors (Lipinski definition) is 7. The minimum atomic E-state index is -1.15. The minimum Gasteiger partial charge on any atom is -0.497 e. The number of nitrogens with zero attached hydrogens (tertiary/aromatic N) is 2. The zero-order valence-corrected chi connectivity index (χ0v) is 21.6. The van der Waals surface area contributed by atoms with Crippen molar-refractivity contribution in [2.24, 2.45) is 0 Å². The number of carboxylic acid groups (broad SMARTS) is 1. The van der Waals surface area contributed by atoms with Gasteiger partial charge in [0.05, 0.1) is 7.11 Å². The van der Waals surface area contributed by atoms with E-state index in [4.69, 9.17) is 18.6 Å². The second-order valence-corrected chi connectivity index (χ2v) is 8.48. The van der Waals surface area contributed by atoms with Crippen LogP contribution >= 0.6 is 0 Å². The topological polar surface area (TPSA) is 111 Å². The number of ether oxygens (including phenoxy) is 3. The van der Waals surface area contributed by atoms with Gasteiger partial charge in [-0.25, -0.2) is 9.78 Å². The summed E-state index contributed by atoms with van der Waals surface area (Å²) in [5, 5.41) is 9.27. The molecule has 0 aliphatic carbocycles. The van der Waals surface area contributed by atoms with Gasteiger partial charge in [0.1, 0.15) is 41.9 Å². The molecule has 0 fully saturated rings. The van der Waals surface area contributed by atoms with E-state index in [1.165, 1.54) is 7.11 Å². The molecule has 1 heterocycles. The Morgan fingerprint density at radius 1 is 0.949 bits per heavy atom. The zero-order valence-electron chi connectivity index (χ0n) is 21.6. The quantitative estimate of drug-likeness (QED) is 0.259. The van der Waals surface area contributed by atoms with Crippen LogP contribution in [-0.2, 0) is 11.3 Å². The van der Waals surface area contributed by atoms with Gasteiger partial charge in [-0.3, -0.25) is 9.69 Å². The molecule has 1 amide bonds. The number of aromatic nitrogens is 1. The molecule has 0 saturated carbocycles. The number of methoxy groups -OCH3 is 1. The summed E-state index contributed by atoms with van der Waals surface area (Å²) in [7, 11) is 1.53. The van der Waals surface area contributed by atoms with E-state index in [0.717, 1.165) is 21.7 Å². The van der Waals surface area contributed by atoms with Crippen LogP contribution in [0.2, 0.25) is 0 Å². The van der Waals surface area contributed by atoms with E-state index in [9.17, 15) is 14.7 Å². The highest BCUT2D eigenvalue weighted by Crippen LogP contribution is 2.22. The van der Waals surface area contributed by atoms with E-state index in [1.54, 1.807) is 48.5 Å². The van der Waals surface area contributed by atoms with Crippen LogP contribution in [0.3, 0.4) is 0 Å². The lowest BCUT2D eigenvalue weighted by atomic mass is 10.2. The molecule has 0 aliphatic heterocycles. The van der Waals surface area contributed by atoms with Crippen molar-refractivity contribution in [1.29, 1.82) is 0 Å². The molecule has 0 spiro atoms. The van der Waals surface area contributed by atoms with Crippen molar-refractivity contribution in [2.75, 3.05) is 20.3 Å². The molecule has 0 unspecified atom stereocenters. The average molecular weight is 529 g/mol. The molecule has 9 nitrogen and oxygen atoms in total. The van der Waals surface area contributed by atoms with Gasteiger partial charge in [0.15, 0.2) is 0 Å². The van der Waals surface area contributed by atoms with E-state index in [-0.39, 0.29) is 12.3 Å². The summed E-state index contributed by atoms with van der Waals surface area (Å²) in [6.07, 6.45) is 2.92. The van der Waals surface area contributed by atoms with Crippen LogP contribution in [0, 0.1) is 6.92 Å².